The van der Waals surface area contributed by atoms with Crippen LogP contribution in [0.5, 0.6) is 0 Å². The molecule has 0 saturated heterocycles. The van der Waals surface area contributed by atoms with Crippen molar-refractivity contribution in [2.75, 3.05) is 0 Å². The van der Waals surface area contributed by atoms with Crippen LogP contribution in [0.2, 0.25) is 5.02 Å². The molecule has 6 heteroatoms. The van der Waals surface area contributed by atoms with E-state index in [2.05, 4.69) is 15.4 Å². The van der Waals surface area contributed by atoms with Crippen molar-refractivity contribution in [1.82, 2.24) is 20.2 Å². The normalized spacial score (nSPS) is 10.7. The first kappa shape index (κ1) is 12.7. The molecule has 3 aromatic rings. The lowest BCUT2D eigenvalue weighted by Crippen LogP contribution is -2.03. The van der Waals surface area contributed by atoms with Crippen LogP contribution in [0.25, 0.3) is 11.4 Å². The highest BCUT2D eigenvalue weighted by molar-refractivity contribution is 6.30. The smallest absolute Gasteiger partial charge is 0.204 e. The molecule has 100 valence electrons. The second kappa shape index (κ2) is 5.38. The molecule has 4 nitrogen and oxygen atoms in total. The lowest BCUT2D eigenvalue weighted by molar-refractivity contribution is 0.573. The molecule has 20 heavy (non-hydrogen) atoms. The van der Waals surface area contributed by atoms with E-state index >= 15 is 0 Å². The summed E-state index contributed by atoms with van der Waals surface area (Å²) in [6, 6.07) is 13.4. The van der Waals surface area contributed by atoms with Crippen molar-refractivity contribution in [2.24, 2.45) is 0 Å². The summed E-state index contributed by atoms with van der Waals surface area (Å²) in [5.41, 5.74) is 1.76. The third kappa shape index (κ3) is 2.83. The molecular formula is C14H10ClFN4. The van der Waals surface area contributed by atoms with Crippen LogP contribution >= 0.6 is 11.6 Å². The lowest BCUT2D eigenvalue weighted by atomic mass is 10.2. The Labute approximate surface area is 119 Å². The Morgan fingerprint density at radius 1 is 1.00 bits per heavy atom. The van der Waals surface area contributed by atoms with Crippen LogP contribution in [0, 0.1) is 5.82 Å². The first-order valence-corrected chi connectivity index (χ1v) is 6.37. The van der Waals surface area contributed by atoms with Crippen molar-refractivity contribution in [3.63, 3.8) is 0 Å². The Morgan fingerprint density at radius 3 is 2.40 bits per heavy atom. The minimum Gasteiger partial charge on any atom is -0.207 e. The van der Waals surface area contributed by atoms with E-state index < -0.39 is 0 Å². The van der Waals surface area contributed by atoms with E-state index in [4.69, 9.17) is 11.6 Å². The fraction of sp³-hybridized carbons (Fsp3) is 0.0714. The van der Waals surface area contributed by atoms with E-state index in [0.29, 0.717) is 17.4 Å². The highest BCUT2D eigenvalue weighted by Gasteiger charge is 2.06. The second-order valence-electron chi connectivity index (χ2n) is 4.28. The van der Waals surface area contributed by atoms with Crippen molar-refractivity contribution in [3.05, 3.63) is 64.9 Å². The Hall–Kier alpha value is -2.27. The molecule has 2 aromatic carbocycles. The van der Waals surface area contributed by atoms with Gasteiger partial charge in [0.05, 0.1) is 6.54 Å². The third-order valence-corrected chi connectivity index (χ3v) is 3.04. The van der Waals surface area contributed by atoms with Crippen molar-refractivity contribution in [1.29, 1.82) is 0 Å². The number of halogens is 2. The number of tetrazole rings is 1. The Morgan fingerprint density at radius 2 is 1.70 bits per heavy atom. The molecule has 0 fully saturated rings. The molecule has 0 unspecified atom stereocenters. The van der Waals surface area contributed by atoms with Crippen molar-refractivity contribution >= 4 is 11.6 Å². The highest BCUT2D eigenvalue weighted by Crippen LogP contribution is 2.14. The van der Waals surface area contributed by atoms with Gasteiger partial charge in [0, 0.05) is 10.6 Å². The zero-order valence-corrected chi connectivity index (χ0v) is 11.1. The maximum absolute atomic E-state index is 12.9. The minimum absolute atomic E-state index is 0.290. The second-order valence-corrected chi connectivity index (χ2v) is 4.71. The van der Waals surface area contributed by atoms with Crippen LogP contribution in [-0.4, -0.2) is 20.2 Å². The highest BCUT2D eigenvalue weighted by atomic mass is 35.5. The van der Waals surface area contributed by atoms with E-state index in [9.17, 15) is 4.39 Å². The van der Waals surface area contributed by atoms with E-state index in [1.54, 1.807) is 12.1 Å². The summed E-state index contributed by atoms with van der Waals surface area (Å²) >= 11 is 5.83. The molecule has 3 rings (SSSR count). The number of hydrogen-bond donors (Lipinski definition) is 0. The molecule has 0 bridgehead atoms. The Balaban J connectivity index is 1.80. The largest absolute Gasteiger partial charge is 0.207 e. The topological polar surface area (TPSA) is 43.6 Å². The van der Waals surface area contributed by atoms with Gasteiger partial charge in [0.1, 0.15) is 5.82 Å². The molecule has 0 spiro atoms. The number of aromatic nitrogens is 4. The molecule has 0 amide bonds. The number of hydrogen-bond acceptors (Lipinski definition) is 3. The summed E-state index contributed by atoms with van der Waals surface area (Å²) < 4.78 is 12.9. The van der Waals surface area contributed by atoms with Gasteiger partial charge in [-0.2, -0.15) is 4.80 Å². The van der Waals surface area contributed by atoms with Gasteiger partial charge in [-0.3, -0.25) is 0 Å². The first-order valence-electron chi connectivity index (χ1n) is 5.99. The third-order valence-electron chi connectivity index (χ3n) is 2.79. The van der Waals surface area contributed by atoms with Crippen molar-refractivity contribution in [3.8, 4) is 11.4 Å². The molecular weight excluding hydrogens is 279 g/mol. The molecule has 0 aliphatic rings. The molecule has 1 aromatic heterocycles. The fourth-order valence-corrected chi connectivity index (χ4v) is 1.90. The van der Waals surface area contributed by atoms with Gasteiger partial charge < -0.3 is 0 Å². The van der Waals surface area contributed by atoms with E-state index in [1.165, 1.54) is 16.9 Å². The van der Waals surface area contributed by atoms with Crippen molar-refractivity contribution in [2.45, 2.75) is 6.54 Å². The zero-order valence-electron chi connectivity index (χ0n) is 10.4. The fourth-order valence-electron chi connectivity index (χ4n) is 1.78. The van der Waals surface area contributed by atoms with Gasteiger partial charge in [0.25, 0.3) is 0 Å². The number of benzene rings is 2. The van der Waals surface area contributed by atoms with Crippen LogP contribution in [0.15, 0.2) is 48.5 Å². The zero-order chi connectivity index (χ0) is 13.9. The Bertz CT molecular complexity index is 707. The molecule has 0 radical (unpaired) electrons. The van der Waals surface area contributed by atoms with Crippen LogP contribution in [0.4, 0.5) is 4.39 Å². The van der Waals surface area contributed by atoms with Gasteiger partial charge in [-0.15, -0.1) is 10.2 Å². The van der Waals surface area contributed by atoms with Gasteiger partial charge in [0.2, 0.25) is 5.82 Å². The summed E-state index contributed by atoms with van der Waals surface area (Å²) in [7, 11) is 0. The van der Waals surface area contributed by atoms with Gasteiger partial charge in [-0.1, -0.05) is 23.7 Å². The van der Waals surface area contributed by atoms with Crippen LogP contribution in [0.1, 0.15) is 5.56 Å². The molecule has 0 atom stereocenters. The summed E-state index contributed by atoms with van der Waals surface area (Å²) in [5, 5.41) is 12.9. The maximum atomic E-state index is 12.9. The van der Waals surface area contributed by atoms with Crippen LogP contribution in [0.3, 0.4) is 0 Å². The predicted molar refractivity (Wildman–Crippen MR) is 73.8 cm³/mol. The maximum Gasteiger partial charge on any atom is 0.204 e. The number of rotatable bonds is 3. The quantitative estimate of drug-likeness (QED) is 0.743. The molecule has 1 heterocycles. The first-order chi connectivity index (χ1) is 9.70. The summed E-state index contributed by atoms with van der Waals surface area (Å²) in [5.74, 6) is 0.182. The standard InChI is InChI=1S/C14H10ClFN4/c15-12-5-1-10(2-6-12)9-20-18-14(17-19-20)11-3-7-13(16)8-4-11/h1-8H,9H2. The Kier molecular flexibility index (Phi) is 3.43. The van der Waals surface area contributed by atoms with Crippen molar-refractivity contribution < 1.29 is 4.39 Å². The average molecular weight is 289 g/mol. The molecule has 0 N–H and O–H groups in total. The van der Waals surface area contributed by atoms with Crippen LogP contribution in [-0.2, 0) is 6.54 Å². The van der Waals surface area contributed by atoms with Gasteiger partial charge in [-0.05, 0) is 47.2 Å². The average Bonchev–Trinajstić information content (AvgIpc) is 2.91. The van der Waals surface area contributed by atoms with Gasteiger partial charge in [0.15, 0.2) is 0 Å². The summed E-state index contributed by atoms with van der Waals surface area (Å²) in [4.78, 5) is 1.49. The molecule has 0 saturated carbocycles. The number of nitrogens with zero attached hydrogens (tertiary/aromatic N) is 4. The predicted octanol–water partition coefficient (Wildman–Crippen LogP) is 3.18. The van der Waals surface area contributed by atoms with E-state index in [0.717, 1.165) is 11.1 Å². The SMILES string of the molecule is Fc1ccc(-c2nnn(Cc3ccc(Cl)cc3)n2)cc1. The van der Waals surface area contributed by atoms with E-state index in [1.807, 2.05) is 24.3 Å². The van der Waals surface area contributed by atoms with Gasteiger partial charge >= 0.3 is 0 Å². The minimum atomic E-state index is -0.290. The lowest BCUT2D eigenvalue weighted by Gasteiger charge is -1.99. The summed E-state index contributed by atoms with van der Waals surface area (Å²) in [6.07, 6.45) is 0. The van der Waals surface area contributed by atoms with E-state index in [-0.39, 0.29) is 5.82 Å². The summed E-state index contributed by atoms with van der Waals surface area (Å²) in [6.45, 7) is 0.505. The molecule has 0 aliphatic carbocycles. The molecule has 0 aliphatic heterocycles. The van der Waals surface area contributed by atoms with Gasteiger partial charge in [-0.25, -0.2) is 4.39 Å². The van der Waals surface area contributed by atoms with Crippen LogP contribution < -0.4 is 0 Å². The monoisotopic (exact) mass is 288 g/mol.